The van der Waals surface area contributed by atoms with Crippen molar-refractivity contribution in [2.45, 2.75) is 19.9 Å². The summed E-state index contributed by atoms with van der Waals surface area (Å²) < 4.78 is 5.03. The number of hydrogen-bond donors (Lipinski definition) is 1. The fourth-order valence-electron chi connectivity index (χ4n) is 1.72. The van der Waals surface area contributed by atoms with Crippen molar-refractivity contribution in [1.29, 1.82) is 0 Å². The lowest BCUT2D eigenvalue weighted by Crippen LogP contribution is -2.01. The van der Waals surface area contributed by atoms with Crippen LogP contribution in [0, 0.1) is 10.1 Å². The SMILES string of the molecule is CCc1nc(CNc2ccc([N+](=O)[O-])c(OC)c2)cs1. The number of nitro benzene ring substituents is 1. The molecule has 1 aromatic carbocycles. The van der Waals surface area contributed by atoms with Gasteiger partial charge in [-0.2, -0.15) is 0 Å². The fraction of sp³-hybridized carbons (Fsp3) is 0.308. The van der Waals surface area contributed by atoms with Crippen molar-refractivity contribution in [3.05, 3.63) is 44.4 Å². The second-order valence-electron chi connectivity index (χ2n) is 4.08. The predicted molar refractivity (Wildman–Crippen MR) is 78.5 cm³/mol. The Morgan fingerprint density at radius 3 is 2.90 bits per heavy atom. The number of anilines is 1. The lowest BCUT2D eigenvalue weighted by atomic mass is 10.2. The van der Waals surface area contributed by atoms with E-state index >= 15 is 0 Å². The highest BCUT2D eigenvalue weighted by molar-refractivity contribution is 7.09. The zero-order chi connectivity index (χ0) is 14.5. The van der Waals surface area contributed by atoms with Crippen LogP contribution in [0.2, 0.25) is 0 Å². The maximum absolute atomic E-state index is 10.8. The third-order valence-electron chi connectivity index (χ3n) is 2.75. The quantitative estimate of drug-likeness (QED) is 0.653. The van der Waals surface area contributed by atoms with Gasteiger partial charge in [-0.1, -0.05) is 6.92 Å². The molecule has 0 fully saturated rings. The number of aromatic nitrogens is 1. The molecule has 0 radical (unpaired) electrons. The van der Waals surface area contributed by atoms with Gasteiger partial charge in [-0.25, -0.2) is 4.98 Å². The summed E-state index contributed by atoms with van der Waals surface area (Å²) in [6.45, 7) is 2.65. The summed E-state index contributed by atoms with van der Waals surface area (Å²) in [6.07, 6.45) is 0.927. The van der Waals surface area contributed by atoms with E-state index in [1.54, 1.807) is 23.5 Å². The van der Waals surface area contributed by atoms with Crippen molar-refractivity contribution in [2.75, 3.05) is 12.4 Å². The number of benzene rings is 1. The molecule has 106 valence electrons. The number of nitrogens with one attached hydrogen (secondary N) is 1. The molecule has 6 nitrogen and oxygen atoms in total. The van der Waals surface area contributed by atoms with Gasteiger partial charge in [0, 0.05) is 23.2 Å². The number of rotatable bonds is 6. The van der Waals surface area contributed by atoms with Crippen LogP contribution in [0.25, 0.3) is 0 Å². The number of thiazole rings is 1. The Kier molecular flexibility index (Phi) is 4.52. The third kappa shape index (κ3) is 3.24. The van der Waals surface area contributed by atoms with Gasteiger partial charge < -0.3 is 10.1 Å². The first-order chi connectivity index (χ1) is 9.63. The lowest BCUT2D eigenvalue weighted by molar-refractivity contribution is -0.385. The Morgan fingerprint density at radius 1 is 1.50 bits per heavy atom. The molecule has 0 spiro atoms. The Balaban J connectivity index is 2.08. The fourth-order valence-corrected chi connectivity index (χ4v) is 2.47. The molecule has 0 unspecified atom stereocenters. The van der Waals surface area contributed by atoms with Crippen LogP contribution in [0.15, 0.2) is 23.6 Å². The Hall–Kier alpha value is -2.15. The van der Waals surface area contributed by atoms with E-state index < -0.39 is 4.92 Å². The van der Waals surface area contributed by atoms with Gasteiger partial charge in [-0.15, -0.1) is 11.3 Å². The first-order valence-electron chi connectivity index (χ1n) is 6.13. The number of nitrogens with zero attached hydrogens (tertiary/aromatic N) is 2. The second kappa shape index (κ2) is 6.33. The van der Waals surface area contributed by atoms with Crippen molar-refractivity contribution in [3.8, 4) is 5.75 Å². The second-order valence-corrected chi connectivity index (χ2v) is 5.03. The Bertz CT molecular complexity index is 613. The van der Waals surface area contributed by atoms with E-state index in [0.717, 1.165) is 22.8 Å². The molecule has 20 heavy (non-hydrogen) atoms. The van der Waals surface area contributed by atoms with Gasteiger partial charge in [0.2, 0.25) is 0 Å². The molecule has 0 amide bonds. The summed E-state index contributed by atoms with van der Waals surface area (Å²) in [7, 11) is 1.42. The summed E-state index contributed by atoms with van der Waals surface area (Å²) >= 11 is 1.63. The van der Waals surface area contributed by atoms with Crippen LogP contribution in [-0.4, -0.2) is 17.0 Å². The first-order valence-corrected chi connectivity index (χ1v) is 7.01. The van der Waals surface area contributed by atoms with E-state index in [9.17, 15) is 10.1 Å². The van der Waals surface area contributed by atoms with Gasteiger partial charge in [-0.3, -0.25) is 10.1 Å². The maximum atomic E-state index is 10.8. The molecule has 0 saturated carbocycles. The van der Waals surface area contributed by atoms with E-state index in [-0.39, 0.29) is 11.4 Å². The van der Waals surface area contributed by atoms with Crippen molar-refractivity contribution in [2.24, 2.45) is 0 Å². The standard InChI is InChI=1S/C13H15N3O3S/c1-3-13-15-10(8-20-13)7-14-9-4-5-11(16(17)18)12(6-9)19-2/h4-6,8,14H,3,7H2,1-2H3. The van der Waals surface area contributed by atoms with Crippen LogP contribution in [-0.2, 0) is 13.0 Å². The molecule has 2 rings (SSSR count). The van der Waals surface area contributed by atoms with Crippen molar-refractivity contribution in [3.63, 3.8) is 0 Å². The monoisotopic (exact) mass is 293 g/mol. The van der Waals surface area contributed by atoms with Gasteiger partial charge in [0.1, 0.15) is 0 Å². The summed E-state index contributed by atoms with van der Waals surface area (Å²) in [5.41, 5.74) is 1.68. The number of nitro groups is 1. The van der Waals surface area contributed by atoms with Crippen molar-refractivity contribution in [1.82, 2.24) is 4.98 Å². The van der Waals surface area contributed by atoms with Crippen LogP contribution in [0.4, 0.5) is 11.4 Å². The van der Waals surface area contributed by atoms with E-state index in [4.69, 9.17) is 4.74 Å². The summed E-state index contributed by atoms with van der Waals surface area (Å²) in [6, 6.07) is 4.71. The number of methoxy groups -OCH3 is 1. The van der Waals surface area contributed by atoms with Gasteiger partial charge in [0.25, 0.3) is 0 Å². The Morgan fingerprint density at radius 2 is 2.30 bits per heavy atom. The first kappa shape index (κ1) is 14.3. The average Bonchev–Trinajstić information content (AvgIpc) is 2.92. The minimum atomic E-state index is -0.462. The van der Waals surface area contributed by atoms with Gasteiger partial charge in [-0.05, 0) is 12.5 Å². The summed E-state index contributed by atoms with van der Waals surface area (Å²) in [5, 5.41) is 17.1. The highest BCUT2D eigenvalue weighted by Gasteiger charge is 2.14. The Labute approximate surface area is 120 Å². The molecule has 0 aliphatic carbocycles. The topological polar surface area (TPSA) is 77.3 Å². The van der Waals surface area contributed by atoms with Crippen LogP contribution in [0.3, 0.4) is 0 Å². The van der Waals surface area contributed by atoms with E-state index in [1.807, 2.05) is 5.38 Å². The van der Waals surface area contributed by atoms with Crippen LogP contribution in [0.1, 0.15) is 17.6 Å². The van der Waals surface area contributed by atoms with Crippen molar-refractivity contribution >= 4 is 22.7 Å². The number of ether oxygens (including phenoxy) is 1. The molecule has 1 heterocycles. The zero-order valence-electron chi connectivity index (χ0n) is 11.3. The third-order valence-corrected chi connectivity index (χ3v) is 3.79. The maximum Gasteiger partial charge on any atom is 0.311 e. The van der Waals surface area contributed by atoms with Crippen LogP contribution >= 0.6 is 11.3 Å². The molecule has 2 aromatic rings. The van der Waals surface area contributed by atoms with Gasteiger partial charge in [0.15, 0.2) is 5.75 Å². The molecular weight excluding hydrogens is 278 g/mol. The lowest BCUT2D eigenvalue weighted by Gasteiger charge is -2.07. The molecule has 1 N–H and O–H groups in total. The summed E-state index contributed by atoms with van der Waals surface area (Å²) in [4.78, 5) is 14.8. The predicted octanol–water partition coefficient (Wildman–Crippen LogP) is 3.23. The highest BCUT2D eigenvalue weighted by atomic mass is 32.1. The highest BCUT2D eigenvalue weighted by Crippen LogP contribution is 2.29. The molecule has 0 aliphatic rings. The molecule has 0 aliphatic heterocycles. The molecule has 1 aromatic heterocycles. The average molecular weight is 293 g/mol. The van der Waals surface area contributed by atoms with E-state index in [2.05, 4.69) is 17.2 Å². The molecule has 0 atom stereocenters. The van der Waals surface area contributed by atoms with Crippen LogP contribution in [0.5, 0.6) is 5.75 Å². The summed E-state index contributed by atoms with van der Waals surface area (Å²) in [5.74, 6) is 0.243. The van der Waals surface area contributed by atoms with Gasteiger partial charge in [0.05, 0.1) is 29.3 Å². The molecular formula is C13H15N3O3S. The van der Waals surface area contributed by atoms with Crippen LogP contribution < -0.4 is 10.1 Å². The molecule has 0 bridgehead atoms. The largest absolute Gasteiger partial charge is 0.490 e. The van der Waals surface area contributed by atoms with E-state index in [0.29, 0.717) is 6.54 Å². The van der Waals surface area contributed by atoms with Crippen molar-refractivity contribution < 1.29 is 9.66 Å². The zero-order valence-corrected chi connectivity index (χ0v) is 12.1. The number of hydrogen-bond acceptors (Lipinski definition) is 6. The molecule has 0 saturated heterocycles. The molecule has 7 heteroatoms. The normalized spacial score (nSPS) is 10.3. The minimum Gasteiger partial charge on any atom is -0.490 e. The van der Waals surface area contributed by atoms with Gasteiger partial charge >= 0.3 is 5.69 Å². The minimum absolute atomic E-state index is 0.0417. The van der Waals surface area contributed by atoms with E-state index in [1.165, 1.54) is 13.2 Å². The number of aryl methyl sites for hydroxylation is 1. The smallest absolute Gasteiger partial charge is 0.311 e.